The van der Waals surface area contributed by atoms with E-state index in [4.69, 9.17) is 10.6 Å². The van der Waals surface area contributed by atoms with Crippen molar-refractivity contribution in [2.24, 2.45) is 5.90 Å². The molecule has 0 radical (unpaired) electrons. The van der Waals surface area contributed by atoms with Gasteiger partial charge in [-0.25, -0.2) is 10.9 Å². The summed E-state index contributed by atoms with van der Waals surface area (Å²) < 4.78 is 5.39. The van der Waals surface area contributed by atoms with Gasteiger partial charge in [0, 0.05) is 10.9 Å². The van der Waals surface area contributed by atoms with Gasteiger partial charge in [-0.15, -0.1) is 11.3 Å². The van der Waals surface area contributed by atoms with Gasteiger partial charge in [-0.3, -0.25) is 4.84 Å². The Labute approximate surface area is 104 Å². The van der Waals surface area contributed by atoms with Gasteiger partial charge in [0.05, 0.1) is 12.3 Å². The molecule has 1 aromatic carbocycles. The van der Waals surface area contributed by atoms with E-state index < -0.39 is 0 Å². The van der Waals surface area contributed by atoms with Crippen molar-refractivity contribution >= 4 is 11.3 Å². The molecule has 0 bridgehead atoms. The van der Waals surface area contributed by atoms with Gasteiger partial charge in [0.25, 0.3) is 0 Å². The van der Waals surface area contributed by atoms with Crippen LogP contribution in [0.4, 0.5) is 0 Å². The monoisotopic (exact) mass is 250 g/mol. The third-order valence-electron chi connectivity index (χ3n) is 2.20. The normalized spacial score (nSPS) is 10.5. The van der Waals surface area contributed by atoms with Gasteiger partial charge in [-0.1, -0.05) is 0 Å². The molecular formula is C12H14N2O2S. The molecular weight excluding hydrogens is 236 g/mol. The zero-order chi connectivity index (χ0) is 12.1. The first-order valence-corrected chi connectivity index (χ1v) is 6.20. The Morgan fingerprint density at radius 1 is 1.29 bits per heavy atom. The molecule has 1 aromatic heterocycles. The fraction of sp³-hybridized carbons (Fsp3) is 0.250. The molecule has 0 amide bonds. The maximum absolute atomic E-state index is 5.39. The predicted molar refractivity (Wildman–Crippen MR) is 67.7 cm³/mol. The van der Waals surface area contributed by atoms with E-state index in [1.54, 1.807) is 11.3 Å². The molecule has 0 spiro atoms. The Morgan fingerprint density at radius 2 is 2.06 bits per heavy atom. The second kappa shape index (κ2) is 5.77. The molecule has 2 rings (SSSR count). The Bertz CT molecular complexity index is 468. The number of nitrogens with two attached hydrogens (primary N) is 1. The van der Waals surface area contributed by atoms with E-state index in [1.807, 2.05) is 36.6 Å². The summed E-state index contributed by atoms with van der Waals surface area (Å²) in [7, 11) is 0. The van der Waals surface area contributed by atoms with E-state index in [-0.39, 0.29) is 0 Å². The minimum absolute atomic E-state index is 0.341. The summed E-state index contributed by atoms with van der Waals surface area (Å²) in [4.78, 5) is 8.97. The van der Waals surface area contributed by atoms with Crippen LogP contribution in [-0.4, -0.2) is 11.6 Å². The van der Waals surface area contributed by atoms with Crippen LogP contribution in [0.1, 0.15) is 12.6 Å². The van der Waals surface area contributed by atoms with Crippen molar-refractivity contribution in [3.05, 3.63) is 35.3 Å². The minimum Gasteiger partial charge on any atom is -0.494 e. The number of aromatic nitrogens is 1. The number of thiazole rings is 1. The molecule has 0 unspecified atom stereocenters. The van der Waals surface area contributed by atoms with Crippen molar-refractivity contribution in [2.45, 2.75) is 13.5 Å². The molecule has 5 heteroatoms. The summed E-state index contributed by atoms with van der Waals surface area (Å²) in [5, 5.41) is 2.90. The molecule has 2 N–H and O–H groups in total. The zero-order valence-electron chi connectivity index (χ0n) is 9.55. The lowest BCUT2D eigenvalue weighted by Gasteiger charge is -2.02. The third-order valence-corrected chi connectivity index (χ3v) is 3.14. The Balaban J connectivity index is 2.15. The maximum Gasteiger partial charge on any atom is 0.123 e. The van der Waals surface area contributed by atoms with Crippen LogP contribution in [0.5, 0.6) is 5.75 Å². The van der Waals surface area contributed by atoms with Crippen LogP contribution in [-0.2, 0) is 11.4 Å². The number of nitrogens with zero attached hydrogens (tertiary/aromatic N) is 1. The van der Waals surface area contributed by atoms with Crippen molar-refractivity contribution in [3.8, 4) is 16.3 Å². The minimum atomic E-state index is 0.341. The van der Waals surface area contributed by atoms with E-state index in [0.717, 1.165) is 22.0 Å². The number of hydrogen-bond acceptors (Lipinski definition) is 5. The lowest BCUT2D eigenvalue weighted by atomic mass is 10.2. The summed E-state index contributed by atoms with van der Waals surface area (Å²) in [5.74, 6) is 5.88. The van der Waals surface area contributed by atoms with Gasteiger partial charge in [0.1, 0.15) is 17.4 Å². The summed E-state index contributed by atoms with van der Waals surface area (Å²) in [5.41, 5.74) is 1.92. The average Bonchev–Trinajstić information content (AvgIpc) is 2.80. The standard InChI is InChI=1S/C12H14N2O2S/c1-2-15-11-5-3-9(4-6-11)12-14-10(7-16-13)8-17-12/h3-6,8H,2,7,13H2,1H3. The van der Waals surface area contributed by atoms with Crippen LogP contribution < -0.4 is 10.6 Å². The summed E-state index contributed by atoms with van der Waals surface area (Å²) in [6.07, 6.45) is 0. The van der Waals surface area contributed by atoms with Gasteiger partial charge >= 0.3 is 0 Å². The molecule has 0 aliphatic rings. The topological polar surface area (TPSA) is 57.4 Å². The highest BCUT2D eigenvalue weighted by molar-refractivity contribution is 7.13. The van der Waals surface area contributed by atoms with Gasteiger partial charge in [0.2, 0.25) is 0 Å². The lowest BCUT2D eigenvalue weighted by Crippen LogP contribution is -1.98. The van der Waals surface area contributed by atoms with E-state index >= 15 is 0 Å². The summed E-state index contributed by atoms with van der Waals surface area (Å²) in [6, 6.07) is 7.88. The van der Waals surface area contributed by atoms with Crippen molar-refractivity contribution < 1.29 is 9.57 Å². The van der Waals surface area contributed by atoms with Crippen LogP contribution in [0.15, 0.2) is 29.6 Å². The molecule has 0 saturated carbocycles. The Morgan fingerprint density at radius 3 is 2.71 bits per heavy atom. The highest BCUT2D eigenvalue weighted by atomic mass is 32.1. The molecule has 1 heterocycles. The van der Waals surface area contributed by atoms with Crippen LogP contribution >= 0.6 is 11.3 Å². The number of benzene rings is 1. The smallest absolute Gasteiger partial charge is 0.123 e. The molecule has 90 valence electrons. The van der Waals surface area contributed by atoms with Gasteiger partial charge in [-0.2, -0.15) is 0 Å². The lowest BCUT2D eigenvalue weighted by molar-refractivity contribution is 0.122. The molecule has 0 aliphatic carbocycles. The predicted octanol–water partition coefficient (Wildman–Crippen LogP) is 2.60. The van der Waals surface area contributed by atoms with Gasteiger partial charge < -0.3 is 4.74 Å². The SMILES string of the molecule is CCOc1ccc(-c2nc(CON)cs2)cc1. The summed E-state index contributed by atoms with van der Waals surface area (Å²) >= 11 is 1.57. The highest BCUT2D eigenvalue weighted by Gasteiger charge is 2.04. The van der Waals surface area contributed by atoms with E-state index in [0.29, 0.717) is 13.2 Å². The molecule has 2 aromatic rings. The maximum atomic E-state index is 5.39. The quantitative estimate of drug-likeness (QED) is 0.829. The average molecular weight is 250 g/mol. The van der Waals surface area contributed by atoms with Crippen LogP contribution in [0.3, 0.4) is 0 Å². The van der Waals surface area contributed by atoms with Crippen molar-refractivity contribution in [2.75, 3.05) is 6.61 Å². The number of ether oxygens (including phenoxy) is 1. The Hall–Kier alpha value is -1.43. The highest BCUT2D eigenvalue weighted by Crippen LogP contribution is 2.25. The van der Waals surface area contributed by atoms with Crippen LogP contribution in [0.2, 0.25) is 0 Å². The molecule has 0 fully saturated rings. The number of rotatable bonds is 5. The van der Waals surface area contributed by atoms with Crippen LogP contribution in [0, 0.1) is 0 Å². The van der Waals surface area contributed by atoms with E-state index in [9.17, 15) is 0 Å². The first kappa shape index (κ1) is 12.0. The third kappa shape index (κ3) is 3.03. The molecule has 4 nitrogen and oxygen atoms in total. The first-order valence-electron chi connectivity index (χ1n) is 5.32. The van der Waals surface area contributed by atoms with Crippen molar-refractivity contribution in [1.82, 2.24) is 4.98 Å². The second-order valence-electron chi connectivity index (χ2n) is 3.41. The number of hydrogen-bond donors (Lipinski definition) is 1. The van der Waals surface area contributed by atoms with Gasteiger partial charge in [0.15, 0.2) is 0 Å². The van der Waals surface area contributed by atoms with E-state index in [2.05, 4.69) is 9.82 Å². The fourth-order valence-corrected chi connectivity index (χ4v) is 2.26. The van der Waals surface area contributed by atoms with Gasteiger partial charge in [-0.05, 0) is 31.2 Å². The molecule has 17 heavy (non-hydrogen) atoms. The van der Waals surface area contributed by atoms with E-state index in [1.165, 1.54) is 0 Å². The van der Waals surface area contributed by atoms with Crippen molar-refractivity contribution in [3.63, 3.8) is 0 Å². The molecule has 0 saturated heterocycles. The first-order chi connectivity index (χ1) is 8.33. The van der Waals surface area contributed by atoms with Crippen LogP contribution in [0.25, 0.3) is 10.6 Å². The van der Waals surface area contributed by atoms with Crippen molar-refractivity contribution in [1.29, 1.82) is 0 Å². The largest absolute Gasteiger partial charge is 0.494 e. The fourth-order valence-electron chi connectivity index (χ4n) is 1.45. The second-order valence-corrected chi connectivity index (χ2v) is 4.27. The zero-order valence-corrected chi connectivity index (χ0v) is 10.4. The molecule has 0 aliphatic heterocycles. The summed E-state index contributed by atoms with van der Waals surface area (Å²) in [6.45, 7) is 2.98. The Kier molecular flexibility index (Phi) is 4.08. The molecule has 0 atom stereocenters.